The molecule has 1 aromatic rings. The van der Waals surface area contributed by atoms with Crippen LogP contribution in [0.1, 0.15) is 13.8 Å². The van der Waals surface area contributed by atoms with Gasteiger partial charge in [-0.05, 0) is 31.2 Å². The van der Waals surface area contributed by atoms with E-state index in [-0.39, 0.29) is 0 Å². The number of ketones is 1. The number of ether oxygens (including phenoxy) is 1. The van der Waals surface area contributed by atoms with Crippen molar-refractivity contribution in [1.29, 1.82) is 0 Å². The second-order valence-corrected chi connectivity index (χ2v) is 3.94. The van der Waals surface area contributed by atoms with Gasteiger partial charge in [0.15, 0.2) is 11.8 Å². The maximum absolute atomic E-state index is 11.6. The second-order valence-electron chi connectivity index (χ2n) is 3.94. The highest BCUT2D eigenvalue weighted by atomic mass is 16.5. The van der Waals surface area contributed by atoms with Crippen molar-refractivity contribution in [2.75, 3.05) is 12.0 Å². The molecule has 0 aliphatic rings. The number of aliphatic carboxylic acids is 1. The van der Waals surface area contributed by atoms with E-state index < -0.39 is 23.7 Å². The first kappa shape index (κ1) is 14.7. The quantitative estimate of drug-likeness (QED) is 0.806. The molecule has 6 heteroatoms. The van der Waals surface area contributed by atoms with E-state index in [0.29, 0.717) is 11.4 Å². The van der Waals surface area contributed by atoms with Crippen LogP contribution in [0.3, 0.4) is 0 Å². The van der Waals surface area contributed by atoms with Crippen molar-refractivity contribution >= 4 is 23.3 Å². The predicted octanol–water partition coefficient (Wildman–Crippen LogP) is 1.09. The Morgan fingerprint density at radius 3 is 2.00 bits per heavy atom. The van der Waals surface area contributed by atoms with Gasteiger partial charge in [0.1, 0.15) is 5.75 Å². The number of Topliss-reactive ketones (excluding diaryl/α,β-unsaturated/α-hetero) is 1. The van der Waals surface area contributed by atoms with Crippen molar-refractivity contribution in [3.8, 4) is 5.75 Å². The molecular weight excluding hydrogens is 250 g/mol. The number of rotatable bonds is 5. The monoisotopic (exact) mass is 265 g/mol. The molecular formula is C13H15NO5. The Hall–Kier alpha value is -2.37. The number of amides is 1. The average molecular weight is 265 g/mol. The lowest BCUT2D eigenvalue weighted by atomic mass is 10.1. The molecule has 0 radical (unpaired) electrons. The number of hydrogen-bond acceptors (Lipinski definition) is 4. The molecule has 1 atom stereocenters. The highest BCUT2D eigenvalue weighted by molar-refractivity contribution is 6.11. The van der Waals surface area contributed by atoms with Crippen molar-refractivity contribution in [3.05, 3.63) is 24.3 Å². The Labute approximate surface area is 110 Å². The maximum Gasteiger partial charge on any atom is 0.334 e. The normalized spacial score (nSPS) is 11.5. The van der Waals surface area contributed by atoms with E-state index in [0.717, 1.165) is 11.8 Å². The smallest absolute Gasteiger partial charge is 0.334 e. The summed E-state index contributed by atoms with van der Waals surface area (Å²) in [5.74, 6) is -1.92. The molecule has 102 valence electrons. The lowest BCUT2D eigenvalue weighted by Gasteiger charge is -2.26. The Balaban J connectivity index is 3.22. The minimum absolute atomic E-state index is 0.330. The lowest BCUT2D eigenvalue weighted by molar-refractivity contribution is -0.143. The third kappa shape index (κ3) is 3.31. The minimum Gasteiger partial charge on any atom is -0.497 e. The van der Waals surface area contributed by atoms with Gasteiger partial charge in [-0.3, -0.25) is 14.5 Å². The van der Waals surface area contributed by atoms with Gasteiger partial charge >= 0.3 is 5.97 Å². The molecule has 1 N–H and O–H groups in total. The van der Waals surface area contributed by atoms with Crippen LogP contribution in [-0.4, -0.2) is 35.9 Å². The molecule has 6 nitrogen and oxygen atoms in total. The van der Waals surface area contributed by atoms with Crippen LogP contribution >= 0.6 is 0 Å². The molecule has 1 amide bonds. The summed E-state index contributed by atoms with van der Waals surface area (Å²) in [5.41, 5.74) is 0.330. The Bertz CT molecular complexity index is 480. The first-order valence-electron chi connectivity index (χ1n) is 5.55. The molecule has 0 saturated carbocycles. The fraction of sp³-hybridized carbons (Fsp3) is 0.308. The van der Waals surface area contributed by atoms with E-state index in [4.69, 9.17) is 9.84 Å². The third-order valence-electron chi connectivity index (χ3n) is 2.57. The summed E-state index contributed by atoms with van der Waals surface area (Å²) in [6, 6.07) is 4.71. The van der Waals surface area contributed by atoms with Crippen LogP contribution in [0.4, 0.5) is 5.69 Å². The zero-order chi connectivity index (χ0) is 14.6. The minimum atomic E-state index is -1.52. The molecule has 0 unspecified atom stereocenters. The number of carbonyl (C=O) groups excluding carboxylic acids is 2. The van der Waals surface area contributed by atoms with Gasteiger partial charge in [0, 0.05) is 12.6 Å². The number of carbonyl (C=O) groups is 3. The fourth-order valence-electron chi connectivity index (χ4n) is 1.72. The summed E-state index contributed by atoms with van der Waals surface area (Å²) in [5, 5.41) is 9.09. The first-order valence-corrected chi connectivity index (χ1v) is 5.55. The van der Waals surface area contributed by atoms with E-state index in [1.807, 2.05) is 0 Å². The molecule has 0 aliphatic carbocycles. The summed E-state index contributed by atoms with van der Waals surface area (Å²) < 4.78 is 4.98. The first-order chi connectivity index (χ1) is 8.88. The van der Waals surface area contributed by atoms with Gasteiger partial charge in [-0.25, -0.2) is 4.79 Å². The summed E-state index contributed by atoms with van der Waals surface area (Å²) in [7, 11) is 1.49. The highest BCUT2D eigenvalue weighted by Crippen LogP contribution is 2.22. The molecule has 0 spiro atoms. The van der Waals surface area contributed by atoms with Gasteiger partial charge < -0.3 is 9.84 Å². The molecule has 1 aromatic carbocycles. The van der Waals surface area contributed by atoms with E-state index in [1.54, 1.807) is 12.1 Å². The Kier molecular flexibility index (Phi) is 4.63. The fourth-order valence-corrected chi connectivity index (χ4v) is 1.72. The van der Waals surface area contributed by atoms with Gasteiger partial charge in [-0.2, -0.15) is 0 Å². The molecule has 1 rings (SSSR count). The molecule has 0 heterocycles. The zero-order valence-electron chi connectivity index (χ0n) is 10.9. The van der Waals surface area contributed by atoms with Crippen LogP contribution in [0.25, 0.3) is 0 Å². The van der Waals surface area contributed by atoms with Crippen molar-refractivity contribution in [3.63, 3.8) is 0 Å². The van der Waals surface area contributed by atoms with Gasteiger partial charge in [-0.15, -0.1) is 0 Å². The van der Waals surface area contributed by atoms with Crippen molar-refractivity contribution in [2.45, 2.75) is 19.9 Å². The zero-order valence-corrected chi connectivity index (χ0v) is 10.9. The molecule has 0 aromatic heterocycles. The highest BCUT2D eigenvalue weighted by Gasteiger charge is 2.33. The summed E-state index contributed by atoms with van der Waals surface area (Å²) in [6.07, 6.45) is 0. The van der Waals surface area contributed by atoms with Crippen molar-refractivity contribution in [2.24, 2.45) is 0 Å². The van der Waals surface area contributed by atoms with Crippen LogP contribution < -0.4 is 9.64 Å². The van der Waals surface area contributed by atoms with E-state index in [2.05, 4.69) is 0 Å². The number of nitrogens with zero attached hydrogens (tertiary/aromatic N) is 1. The topological polar surface area (TPSA) is 83.9 Å². The molecule has 0 aliphatic heterocycles. The number of anilines is 1. The van der Waals surface area contributed by atoms with E-state index >= 15 is 0 Å². The average Bonchev–Trinajstić information content (AvgIpc) is 2.34. The summed E-state index contributed by atoms with van der Waals surface area (Å²) in [6.45, 7) is 2.35. The molecule has 0 bridgehead atoms. The number of carboxylic acids is 1. The molecule has 0 fully saturated rings. The molecule has 0 saturated heterocycles. The number of methoxy groups -OCH3 is 1. The van der Waals surface area contributed by atoms with Crippen molar-refractivity contribution in [1.82, 2.24) is 0 Å². The van der Waals surface area contributed by atoms with Gasteiger partial charge in [0.05, 0.1) is 7.11 Å². The second kappa shape index (κ2) is 5.99. The lowest BCUT2D eigenvalue weighted by Crippen LogP contribution is -2.48. The van der Waals surface area contributed by atoms with Crippen LogP contribution in [0.2, 0.25) is 0 Å². The van der Waals surface area contributed by atoms with E-state index in [1.165, 1.54) is 26.2 Å². The van der Waals surface area contributed by atoms with Gasteiger partial charge in [0.2, 0.25) is 5.91 Å². The SMILES string of the molecule is COc1ccc(N(C(C)=O)[C@@H](C(C)=O)C(=O)O)cc1. The van der Waals surface area contributed by atoms with Crippen LogP contribution in [0.5, 0.6) is 5.75 Å². The largest absolute Gasteiger partial charge is 0.497 e. The van der Waals surface area contributed by atoms with Gasteiger partial charge in [-0.1, -0.05) is 0 Å². The summed E-state index contributed by atoms with van der Waals surface area (Å²) in [4.78, 5) is 35.1. The van der Waals surface area contributed by atoms with Crippen LogP contribution in [0, 0.1) is 0 Å². The van der Waals surface area contributed by atoms with Gasteiger partial charge in [0.25, 0.3) is 0 Å². The Morgan fingerprint density at radius 2 is 1.68 bits per heavy atom. The third-order valence-corrected chi connectivity index (χ3v) is 2.57. The number of hydrogen-bond donors (Lipinski definition) is 1. The predicted molar refractivity (Wildman–Crippen MR) is 68.3 cm³/mol. The number of carboxylic acid groups (broad SMARTS) is 1. The van der Waals surface area contributed by atoms with Crippen LogP contribution in [0.15, 0.2) is 24.3 Å². The Morgan fingerprint density at radius 1 is 1.16 bits per heavy atom. The molecule has 19 heavy (non-hydrogen) atoms. The number of benzene rings is 1. The standard InChI is InChI=1S/C13H15NO5/c1-8(15)12(13(17)18)14(9(2)16)10-4-6-11(19-3)7-5-10/h4-7,12H,1-3H3,(H,17,18)/t12-/m0/s1. The van der Waals surface area contributed by atoms with Crippen LogP contribution in [-0.2, 0) is 14.4 Å². The summed E-state index contributed by atoms with van der Waals surface area (Å²) >= 11 is 0. The van der Waals surface area contributed by atoms with E-state index in [9.17, 15) is 14.4 Å². The maximum atomic E-state index is 11.6. The van der Waals surface area contributed by atoms with Crippen molar-refractivity contribution < 1.29 is 24.2 Å².